The first-order chi connectivity index (χ1) is 12.3. The number of ether oxygens (including phenoxy) is 1. The van der Waals surface area contributed by atoms with Crippen molar-refractivity contribution in [2.24, 2.45) is 0 Å². The summed E-state index contributed by atoms with van der Waals surface area (Å²) >= 11 is 4.93. The van der Waals surface area contributed by atoms with Gasteiger partial charge in [-0.2, -0.15) is 18.4 Å². The zero-order chi connectivity index (χ0) is 19.3. The fourth-order valence-corrected chi connectivity index (χ4v) is 2.21. The Kier molecular flexibility index (Phi) is 5.74. The first kappa shape index (κ1) is 19.1. The molecule has 0 atom stereocenters. The van der Waals surface area contributed by atoms with Crippen LogP contribution in [0.1, 0.15) is 21.6 Å². The molecular weight excluding hydrogens is 369 g/mol. The normalized spacial score (nSPS) is 10.6. The molecule has 0 aliphatic heterocycles. The van der Waals surface area contributed by atoms with Gasteiger partial charge in [-0.25, -0.2) is 4.98 Å². The van der Waals surface area contributed by atoms with Crippen LogP contribution >= 0.6 is 12.2 Å². The predicted octanol–water partition coefficient (Wildman–Crippen LogP) is 3.11. The standard InChI is InChI=1S/C16H11F3N4O2S/c1-25-13-5-3-2-4-10(13)14(24)23-15(26)22-9-6-11(16(17,18)19)12(7-20)21-8-9/h2-6,8H,1H3,(H2,22,23,24,26). The van der Waals surface area contributed by atoms with Gasteiger partial charge in [0.25, 0.3) is 5.91 Å². The monoisotopic (exact) mass is 380 g/mol. The van der Waals surface area contributed by atoms with Gasteiger partial charge in [0.2, 0.25) is 0 Å². The molecule has 6 nitrogen and oxygen atoms in total. The van der Waals surface area contributed by atoms with Crippen molar-refractivity contribution in [3.8, 4) is 11.8 Å². The number of hydrogen-bond donors (Lipinski definition) is 2. The van der Waals surface area contributed by atoms with Crippen molar-refractivity contribution < 1.29 is 22.7 Å². The number of alkyl halides is 3. The van der Waals surface area contributed by atoms with Crippen molar-refractivity contribution in [3.05, 3.63) is 53.3 Å². The lowest BCUT2D eigenvalue weighted by molar-refractivity contribution is -0.138. The van der Waals surface area contributed by atoms with Crippen LogP contribution < -0.4 is 15.4 Å². The summed E-state index contributed by atoms with van der Waals surface area (Å²) in [6.07, 6.45) is -3.74. The minimum atomic E-state index is -4.75. The summed E-state index contributed by atoms with van der Waals surface area (Å²) in [5, 5.41) is 13.2. The predicted molar refractivity (Wildman–Crippen MR) is 90.6 cm³/mol. The molecule has 26 heavy (non-hydrogen) atoms. The molecule has 0 spiro atoms. The topological polar surface area (TPSA) is 87.0 Å². The van der Waals surface area contributed by atoms with Gasteiger partial charge in [-0.3, -0.25) is 10.1 Å². The van der Waals surface area contributed by atoms with E-state index in [1.165, 1.54) is 19.2 Å². The lowest BCUT2D eigenvalue weighted by Gasteiger charge is -2.13. The quantitative estimate of drug-likeness (QED) is 0.796. The average Bonchev–Trinajstić information content (AvgIpc) is 2.60. The highest BCUT2D eigenvalue weighted by atomic mass is 32.1. The highest BCUT2D eigenvalue weighted by molar-refractivity contribution is 7.80. The number of hydrogen-bond acceptors (Lipinski definition) is 5. The van der Waals surface area contributed by atoms with Crippen molar-refractivity contribution >= 4 is 28.9 Å². The Labute approximate surface area is 151 Å². The Morgan fingerprint density at radius 1 is 1.35 bits per heavy atom. The smallest absolute Gasteiger partial charge is 0.419 e. The van der Waals surface area contributed by atoms with Crippen molar-refractivity contribution in [2.45, 2.75) is 6.18 Å². The van der Waals surface area contributed by atoms with Gasteiger partial charge in [0.05, 0.1) is 30.1 Å². The second-order valence-electron chi connectivity index (χ2n) is 4.84. The minimum Gasteiger partial charge on any atom is -0.496 e. The molecule has 0 fully saturated rings. The van der Waals surface area contributed by atoms with E-state index in [9.17, 15) is 18.0 Å². The summed E-state index contributed by atoms with van der Waals surface area (Å²) < 4.78 is 43.9. The molecule has 0 aliphatic rings. The molecule has 2 N–H and O–H groups in total. The van der Waals surface area contributed by atoms with Crippen molar-refractivity contribution in [1.29, 1.82) is 5.26 Å². The Bertz CT molecular complexity index is 894. The minimum absolute atomic E-state index is 0.123. The molecule has 0 radical (unpaired) electrons. The molecule has 0 saturated heterocycles. The number of carbonyl (C=O) groups is 1. The highest BCUT2D eigenvalue weighted by Gasteiger charge is 2.34. The van der Waals surface area contributed by atoms with Crippen LogP contribution in [0.4, 0.5) is 18.9 Å². The van der Waals surface area contributed by atoms with Crippen molar-refractivity contribution in [1.82, 2.24) is 10.3 Å². The number of nitrogens with zero attached hydrogens (tertiary/aromatic N) is 2. The number of aromatic nitrogens is 1. The van der Waals surface area contributed by atoms with E-state index in [1.807, 2.05) is 0 Å². The molecule has 1 aromatic heterocycles. The van der Waals surface area contributed by atoms with Crippen LogP contribution in [0.3, 0.4) is 0 Å². The van der Waals surface area contributed by atoms with E-state index in [2.05, 4.69) is 15.6 Å². The summed E-state index contributed by atoms with van der Waals surface area (Å²) in [6.45, 7) is 0. The van der Waals surface area contributed by atoms with E-state index in [4.69, 9.17) is 22.2 Å². The van der Waals surface area contributed by atoms with E-state index in [1.54, 1.807) is 18.2 Å². The molecule has 0 bridgehead atoms. The lowest BCUT2D eigenvalue weighted by atomic mass is 10.2. The number of pyridine rings is 1. The van der Waals surface area contributed by atoms with Crippen LogP contribution in [-0.4, -0.2) is 23.1 Å². The average molecular weight is 380 g/mol. The van der Waals surface area contributed by atoms with E-state index in [0.717, 1.165) is 6.20 Å². The number of carbonyl (C=O) groups excluding carboxylic acids is 1. The number of methoxy groups -OCH3 is 1. The van der Waals surface area contributed by atoms with Gasteiger partial charge < -0.3 is 10.1 Å². The molecule has 10 heteroatoms. The van der Waals surface area contributed by atoms with Crippen LogP contribution in [0.2, 0.25) is 0 Å². The molecule has 0 saturated carbocycles. The zero-order valence-electron chi connectivity index (χ0n) is 13.2. The van der Waals surface area contributed by atoms with Crippen molar-refractivity contribution in [2.75, 3.05) is 12.4 Å². The number of nitriles is 1. The van der Waals surface area contributed by atoms with Gasteiger partial charge in [-0.15, -0.1) is 0 Å². The third-order valence-electron chi connectivity index (χ3n) is 3.14. The number of amides is 1. The van der Waals surface area contributed by atoms with Gasteiger partial charge in [0, 0.05) is 0 Å². The maximum Gasteiger partial charge on any atom is 0.419 e. The second kappa shape index (κ2) is 7.79. The molecular formula is C16H11F3N4O2S. The Balaban J connectivity index is 2.15. The Hall–Kier alpha value is -3.19. The van der Waals surface area contributed by atoms with E-state index < -0.39 is 23.3 Å². The largest absolute Gasteiger partial charge is 0.496 e. The summed E-state index contributed by atoms with van der Waals surface area (Å²) in [5.74, 6) is -0.287. The summed E-state index contributed by atoms with van der Waals surface area (Å²) in [7, 11) is 1.39. The molecule has 0 unspecified atom stereocenters. The molecule has 1 amide bonds. The third-order valence-corrected chi connectivity index (χ3v) is 3.34. The van der Waals surface area contributed by atoms with Gasteiger partial charge in [0.1, 0.15) is 11.8 Å². The number of rotatable bonds is 3. The zero-order valence-corrected chi connectivity index (χ0v) is 14.0. The van der Waals surface area contributed by atoms with Crippen LogP contribution in [0, 0.1) is 11.3 Å². The lowest BCUT2D eigenvalue weighted by Crippen LogP contribution is -2.34. The van der Waals surface area contributed by atoms with Crippen LogP contribution in [0.25, 0.3) is 0 Å². The number of anilines is 1. The number of nitrogens with one attached hydrogen (secondary N) is 2. The molecule has 1 heterocycles. The SMILES string of the molecule is COc1ccccc1C(=O)NC(=S)Nc1cnc(C#N)c(C(F)(F)F)c1. The maximum atomic E-state index is 12.9. The molecule has 2 aromatic rings. The Morgan fingerprint density at radius 3 is 2.65 bits per heavy atom. The van der Waals surface area contributed by atoms with Crippen LogP contribution in [0.15, 0.2) is 36.5 Å². The summed E-state index contributed by atoms with van der Waals surface area (Å²) in [6, 6.07) is 8.43. The van der Waals surface area contributed by atoms with E-state index in [0.29, 0.717) is 11.8 Å². The van der Waals surface area contributed by atoms with Crippen molar-refractivity contribution in [3.63, 3.8) is 0 Å². The van der Waals surface area contributed by atoms with E-state index in [-0.39, 0.29) is 16.4 Å². The second-order valence-corrected chi connectivity index (χ2v) is 5.25. The summed E-state index contributed by atoms with van der Waals surface area (Å²) in [5.41, 5.74) is -1.88. The third kappa shape index (κ3) is 4.46. The number of thiocarbonyl (C=S) groups is 1. The Morgan fingerprint density at radius 2 is 2.04 bits per heavy atom. The number of para-hydroxylation sites is 1. The number of benzene rings is 1. The first-order valence-electron chi connectivity index (χ1n) is 6.99. The van der Waals surface area contributed by atoms with Gasteiger partial charge in [-0.1, -0.05) is 12.1 Å². The molecule has 0 aliphatic carbocycles. The molecule has 1 aromatic carbocycles. The maximum absolute atomic E-state index is 12.9. The van der Waals surface area contributed by atoms with E-state index >= 15 is 0 Å². The molecule has 134 valence electrons. The fourth-order valence-electron chi connectivity index (χ4n) is 2.00. The first-order valence-corrected chi connectivity index (χ1v) is 7.39. The highest BCUT2D eigenvalue weighted by Crippen LogP contribution is 2.32. The summed E-state index contributed by atoms with van der Waals surface area (Å²) in [4.78, 5) is 15.6. The number of halogens is 3. The van der Waals surface area contributed by atoms with Gasteiger partial charge in [0.15, 0.2) is 10.8 Å². The van der Waals surface area contributed by atoms with Crippen LogP contribution in [0.5, 0.6) is 5.75 Å². The van der Waals surface area contributed by atoms with Gasteiger partial charge in [-0.05, 0) is 30.4 Å². The fraction of sp³-hybridized carbons (Fsp3) is 0.125. The van der Waals surface area contributed by atoms with Crippen LogP contribution in [-0.2, 0) is 6.18 Å². The molecule has 2 rings (SSSR count). The van der Waals surface area contributed by atoms with Gasteiger partial charge >= 0.3 is 6.18 Å².